The van der Waals surface area contributed by atoms with Crippen LogP contribution in [0.2, 0.25) is 0 Å². The molecule has 184 valence electrons. The lowest BCUT2D eigenvalue weighted by molar-refractivity contribution is 0.0522. The SMILES string of the molecule is CCNC(=NCC1(c2cc(C)ccc2OC)CCOCC1)NCCCOCc1ccco1.I. The van der Waals surface area contributed by atoms with E-state index >= 15 is 0 Å². The summed E-state index contributed by atoms with van der Waals surface area (Å²) in [6, 6.07) is 10.2. The van der Waals surface area contributed by atoms with Gasteiger partial charge in [-0.3, -0.25) is 4.99 Å². The lowest BCUT2D eigenvalue weighted by atomic mass is 9.73. The van der Waals surface area contributed by atoms with E-state index in [1.165, 1.54) is 11.1 Å². The molecule has 0 unspecified atom stereocenters. The maximum atomic E-state index is 5.72. The summed E-state index contributed by atoms with van der Waals surface area (Å²) < 4.78 is 22.4. The Morgan fingerprint density at radius 2 is 2.00 bits per heavy atom. The van der Waals surface area contributed by atoms with Gasteiger partial charge in [-0.2, -0.15) is 0 Å². The van der Waals surface area contributed by atoms with Gasteiger partial charge in [0.25, 0.3) is 0 Å². The number of benzene rings is 1. The highest BCUT2D eigenvalue weighted by molar-refractivity contribution is 14.0. The smallest absolute Gasteiger partial charge is 0.191 e. The number of halogens is 1. The standard InChI is InChI=1S/C25H37N3O4.HI/c1-4-26-24(27-12-6-13-31-18-21-7-5-14-32-21)28-19-25(10-15-30-16-11-25)22-17-20(2)8-9-23(22)29-3;/h5,7-9,14,17H,4,6,10-13,15-16,18-19H2,1-3H3,(H2,26,27,28);1H. The van der Waals surface area contributed by atoms with Gasteiger partial charge in [0.2, 0.25) is 0 Å². The number of guanidine groups is 1. The van der Waals surface area contributed by atoms with Crippen LogP contribution in [0.15, 0.2) is 46.0 Å². The van der Waals surface area contributed by atoms with E-state index in [9.17, 15) is 0 Å². The topological polar surface area (TPSA) is 77.3 Å². The van der Waals surface area contributed by atoms with Crippen LogP contribution in [0, 0.1) is 6.92 Å². The molecule has 3 rings (SSSR count). The van der Waals surface area contributed by atoms with Crippen molar-refractivity contribution in [2.24, 2.45) is 4.99 Å². The Morgan fingerprint density at radius 3 is 2.70 bits per heavy atom. The maximum Gasteiger partial charge on any atom is 0.191 e. The molecule has 0 bridgehead atoms. The first-order valence-electron chi connectivity index (χ1n) is 11.5. The fraction of sp³-hybridized carbons (Fsp3) is 0.560. The number of rotatable bonds is 11. The van der Waals surface area contributed by atoms with Crippen molar-refractivity contribution in [1.82, 2.24) is 10.6 Å². The van der Waals surface area contributed by atoms with Crippen molar-refractivity contribution >= 4 is 29.9 Å². The molecule has 0 saturated carbocycles. The minimum absolute atomic E-state index is 0. The van der Waals surface area contributed by atoms with Gasteiger partial charge >= 0.3 is 0 Å². The second kappa shape index (κ2) is 14.5. The zero-order valence-electron chi connectivity index (χ0n) is 20.0. The molecule has 0 aliphatic carbocycles. The summed E-state index contributed by atoms with van der Waals surface area (Å²) in [6.45, 7) is 9.13. The normalized spacial score (nSPS) is 15.5. The Labute approximate surface area is 214 Å². The van der Waals surface area contributed by atoms with Gasteiger partial charge in [0, 0.05) is 43.9 Å². The summed E-state index contributed by atoms with van der Waals surface area (Å²) in [5, 5.41) is 6.80. The Bertz CT molecular complexity index is 836. The minimum atomic E-state index is -0.0931. The van der Waals surface area contributed by atoms with Crippen LogP contribution in [0.25, 0.3) is 0 Å². The molecule has 2 aromatic rings. The number of hydrogen-bond acceptors (Lipinski definition) is 5. The first-order valence-corrected chi connectivity index (χ1v) is 11.5. The quantitative estimate of drug-likeness (QED) is 0.180. The summed E-state index contributed by atoms with van der Waals surface area (Å²) >= 11 is 0. The van der Waals surface area contributed by atoms with Gasteiger partial charge in [0.15, 0.2) is 5.96 Å². The van der Waals surface area contributed by atoms with E-state index in [-0.39, 0.29) is 29.4 Å². The van der Waals surface area contributed by atoms with E-state index in [4.69, 9.17) is 23.6 Å². The molecule has 1 aliphatic heterocycles. The zero-order chi connectivity index (χ0) is 22.7. The Balaban J connectivity index is 0.00000385. The Hall–Kier alpha value is -1.78. The average molecular weight is 572 g/mol. The highest BCUT2D eigenvalue weighted by Gasteiger charge is 2.37. The van der Waals surface area contributed by atoms with E-state index in [1.54, 1.807) is 13.4 Å². The summed E-state index contributed by atoms with van der Waals surface area (Å²) in [5.74, 6) is 2.61. The number of nitrogens with one attached hydrogen (secondary N) is 2. The maximum absolute atomic E-state index is 5.72. The molecule has 2 N–H and O–H groups in total. The van der Waals surface area contributed by atoms with Crippen LogP contribution >= 0.6 is 24.0 Å². The first kappa shape index (κ1) is 27.5. The van der Waals surface area contributed by atoms with Gasteiger partial charge < -0.3 is 29.3 Å². The van der Waals surface area contributed by atoms with E-state index < -0.39 is 0 Å². The van der Waals surface area contributed by atoms with Crippen LogP contribution < -0.4 is 15.4 Å². The summed E-state index contributed by atoms with van der Waals surface area (Å²) in [6.07, 6.45) is 4.40. The molecule has 1 aromatic carbocycles. The molecule has 7 nitrogen and oxygen atoms in total. The van der Waals surface area contributed by atoms with Gasteiger partial charge in [0.1, 0.15) is 18.1 Å². The molecule has 1 aliphatic rings. The van der Waals surface area contributed by atoms with Crippen LogP contribution in [0.3, 0.4) is 0 Å². The van der Waals surface area contributed by atoms with E-state index in [0.29, 0.717) is 19.8 Å². The molecule has 33 heavy (non-hydrogen) atoms. The first-order chi connectivity index (χ1) is 15.7. The largest absolute Gasteiger partial charge is 0.496 e. The highest BCUT2D eigenvalue weighted by atomic mass is 127. The fourth-order valence-corrected chi connectivity index (χ4v) is 4.03. The van der Waals surface area contributed by atoms with Crippen molar-refractivity contribution in [2.45, 2.75) is 45.1 Å². The van der Waals surface area contributed by atoms with Crippen LogP contribution in [0.5, 0.6) is 5.75 Å². The minimum Gasteiger partial charge on any atom is -0.496 e. The highest BCUT2D eigenvalue weighted by Crippen LogP contribution is 2.40. The van der Waals surface area contributed by atoms with Crippen LogP contribution in [-0.2, 0) is 21.5 Å². The molecule has 0 atom stereocenters. The van der Waals surface area contributed by atoms with Crippen molar-refractivity contribution < 1.29 is 18.6 Å². The van der Waals surface area contributed by atoms with Gasteiger partial charge in [-0.25, -0.2) is 0 Å². The van der Waals surface area contributed by atoms with Gasteiger partial charge in [-0.15, -0.1) is 24.0 Å². The van der Waals surface area contributed by atoms with Gasteiger partial charge in [-0.05, 0) is 51.3 Å². The molecular weight excluding hydrogens is 533 g/mol. The van der Waals surface area contributed by atoms with Gasteiger partial charge in [0.05, 0.1) is 19.9 Å². The Morgan fingerprint density at radius 1 is 1.18 bits per heavy atom. The number of ether oxygens (including phenoxy) is 3. The Kier molecular flexibility index (Phi) is 12.0. The number of nitrogens with zero attached hydrogens (tertiary/aromatic N) is 1. The number of methoxy groups -OCH3 is 1. The molecule has 1 fully saturated rings. The van der Waals surface area contributed by atoms with Crippen molar-refractivity contribution in [3.8, 4) is 5.75 Å². The van der Waals surface area contributed by atoms with Crippen LogP contribution in [0.4, 0.5) is 0 Å². The molecule has 1 aromatic heterocycles. The molecule has 2 heterocycles. The summed E-state index contributed by atoms with van der Waals surface area (Å²) in [4.78, 5) is 4.98. The summed E-state index contributed by atoms with van der Waals surface area (Å²) in [5.41, 5.74) is 2.37. The molecule has 1 saturated heterocycles. The monoisotopic (exact) mass is 571 g/mol. The third-order valence-corrected chi connectivity index (χ3v) is 5.84. The molecule has 0 spiro atoms. The van der Waals surface area contributed by atoms with Crippen LogP contribution in [-0.4, -0.2) is 52.5 Å². The lowest BCUT2D eigenvalue weighted by Crippen LogP contribution is -2.41. The number of hydrogen-bond donors (Lipinski definition) is 2. The van der Waals surface area contributed by atoms with E-state index in [0.717, 1.165) is 63.0 Å². The van der Waals surface area contributed by atoms with Crippen molar-refractivity contribution in [3.05, 3.63) is 53.5 Å². The molecule has 0 amide bonds. The number of aryl methyl sites for hydroxylation is 1. The predicted molar refractivity (Wildman–Crippen MR) is 142 cm³/mol. The van der Waals surface area contributed by atoms with Crippen molar-refractivity contribution in [2.75, 3.05) is 46.6 Å². The second-order valence-electron chi connectivity index (χ2n) is 8.20. The number of furan rings is 1. The lowest BCUT2D eigenvalue weighted by Gasteiger charge is -2.37. The summed E-state index contributed by atoms with van der Waals surface area (Å²) in [7, 11) is 1.74. The van der Waals surface area contributed by atoms with Gasteiger partial charge in [-0.1, -0.05) is 17.7 Å². The molecule has 8 heteroatoms. The van der Waals surface area contributed by atoms with Crippen molar-refractivity contribution in [1.29, 1.82) is 0 Å². The molecular formula is C25H38IN3O4. The third kappa shape index (κ3) is 8.19. The van der Waals surface area contributed by atoms with E-state index in [2.05, 4.69) is 42.7 Å². The van der Waals surface area contributed by atoms with Crippen molar-refractivity contribution in [3.63, 3.8) is 0 Å². The third-order valence-electron chi connectivity index (χ3n) is 5.84. The average Bonchev–Trinajstić information content (AvgIpc) is 3.34. The molecule has 0 radical (unpaired) electrons. The zero-order valence-corrected chi connectivity index (χ0v) is 22.4. The number of aliphatic imine (C=N–C) groups is 1. The fourth-order valence-electron chi connectivity index (χ4n) is 4.03. The predicted octanol–water partition coefficient (Wildman–Crippen LogP) is 4.42. The van der Waals surface area contributed by atoms with E-state index in [1.807, 2.05) is 12.1 Å². The van der Waals surface area contributed by atoms with Crippen LogP contribution in [0.1, 0.15) is 43.1 Å². The second-order valence-corrected chi connectivity index (χ2v) is 8.20.